The van der Waals surface area contributed by atoms with Crippen molar-refractivity contribution in [1.82, 2.24) is 0 Å². The second kappa shape index (κ2) is 5.10. The number of halogens is 1. The van der Waals surface area contributed by atoms with Crippen molar-refractivity contribution in [1.29, 1.82) is 0 Å². The van der Waals surface area contributed by atoms with Gasteiger partial charge in [-0.25, -0.2) is 4.58 Å². The number of Topliss-reactive ketones (excluding diaryl/α,β-unsaturated/α-hetero) is 1. The molecule has 0 amide bonds. The summed E-state index contributed by atoms with van der Waals surface area (Å²) in [6.45, 7) is 0.962. The van der Waals surface area contributed by atoms with Gasteiger partial charge in [0.1, 0.15) is 13.1 Å². The van der Waals surface area contributed by atoms with Gasteiger partial charge in [0.25, 0.3) is 5.84 Å². The Labute approximate surface area is 122 Å². The molecular weight excluding hydrogens is 272 g/mol. The van der Waals surface area contributed by atoms with Crippen LogP contribution in [0.4, 0.5) is 0 Å². The molecule has 100 valence electrons. The minimum absolute atomic E-state index is 0.0393. The van der Waals surface area contributed by atoms with Gasteiger partial charge in [-0.1, -0.05) is 29.8 Å². The van der Waals surface area contributed by atoms with Gasteiger partial charge >= 0.3 is 0 Å². The molecule has 0 fully saturated rings. The van der Waals surface area contributed by atoms with Gasteiger partial charge in [0.15, 0.2) is 0 Å². The first-order valence-corrected chi connectivity index (χ1v) is 6.77. The number of carbonyl (C=O) groups excluding carboxylic acids is 1. The van der Waals surface area contributed by atoms with Crippen LogP contribution in [0, 0.1) is 0 Å². The fourth-order valence-electron chi connectivity index (χ4n) is 2.41. The van der Waals surface area contributed by atoms with Gasteiger partial charge < -0.3 is 0 Å². The summed E-state index contributed by atoms with van der Waals surface area (Å²) in [5.74, 6) is 0.709. The second-order valence-electron chi connectivity index (χ2n) is 4.83. The van der Waals surface area contributed by atoms with E-state index in [0.29, 0.717) is 23.0 Å². The maximum atomic E-state index is 12.3. The highest BCUT2D eigenvalue weighted by Crippen LogP contribution is 2.17. The Morgan fingerprint density at radius 2 is 1.85 bits per heavy atom. The molecule has 1 heterocycles. The molecule has 4 heteroatoms. The van der Waals surface area contributed by atoms with E-state index in [1.54, 1.807) is 24.3 Å². The Morgan fingerprint density at radius 1 is 1.15 bits per heavy atom. The highest BCUT2D eigenvalue weighted by molar-refractivity contribution is 6.30. The summed E-state index contributed by atoms with van der Waals surface area (Å²) in [4.78, 5) is 12.3. The van der Waals surface area contributed by atoms with Crippen LogP contribution < -0.4 is 5.73 Å². The van der Waals surface area contributed by atoms with E-state index in [2.05, 4.69) is 0 Å². The zero-order chi connectivity index (χ0) is 14.1. The number of fused-ring (bicyclic) bond motifs is 1. The van der Waals surface area contributed by atoms with Crippen molar-refractivity contribution in [2.24, 2.45) is 5.73 Å². The smallest absolute Gasteiger partial charge is 0.276 e. The first-order chi connectivity index (χ1) is 9.65. The Hall–Kier alpha value is -2.13. The molecule has 0 atom stereocenters. The Bertz CT molecular complexity index is 705. The number of amidine groups is 1. The van der Waals surface area contributed by atoms with Gasteiger partial charge in [-0.15, -0.1) is 0 Å². The highest BCUT2D eigenvalue weighted by Gasteiger charge is 2.25. The van der Waals surface area contributed by atoms with Crippen molar-refractivity contribution < 1.29 is 9.37 Å². The normalized spacial score (nSPS) is 13.4. The minimum atomic E-state index is 0.0393. The Kier molecular flexibility index (Phi) is 3.28. The lowest BCUT2D eigenvalue weighted by molar-refractivity contribution is -0.526. The van der Waals surface area contributed by atoms with Crippen molar-refractivity contribution in [3.05, 3.63) is 70.2 Å². The van der Waals surface area contributed by atoms with Gasteiger partial charge in [-0.05, 0) is 30.3 Å². The average molecular weight is 286 g/mol. The average Bonchev–Trinajstić information content (AvgIpc) is 2.77. The molecule has 1 aliphatic heterocycles. The number of rotatable bonds is 3. The number of benzene rings is 2. The standard InChI is InChI=1S/C16H13ClN2O/c17-13-7-5-11(6-8-13)15(20)10-19-9-12-3-1-2-4-14(12)16(19)18/h1-8,18H,9-10H2/p+1. The highest BCUT2D eigenvalue weighted by atomic mass is 35.5. The molecule has 0 bridgehead atoms. The molecule has 2 aromatic carbocycles. The van der Waals surface area contributed by atoms with Crippen LogP contribution in [0.2, 0.25) is 5.02 Å². The molecule has 20 heavy (non-hydrogen) atoms. The molecule has 0 spiro atoms. The zero-order valence-electron chi connectivity index (χ0n) is 10.8. The molecule has 0 saturated carbocycles. The van der Waals surface area contributed by atoms with Crippen LogP contribution in [0.1, 0.15) is 21.5 Å². The van der Waals surface area contributed by atoms with E-state index in [1.165, 1.54) is 0 Å². The molecule has 2 aromatic rings. The van der Waals surface area contributed by atoms with Crippen molar-refractivity contribution in [3.8, 4) is 0 Å². The SMILES string of the molecule is NC1=[N+](CC(=O)c2ccc(Cl)cc2)Cc2ccccc21. The van der Waals surface area contributed by atoms with Gasteiger partial charge in [-0.3, -0.25) is 10.5 Å². The van der Waals surface area contributed by atoms with Crippen LogP contribution in [-0.4, -0.2) is 22.7 Å². The number of nitrogens with zero attached hydrogens (tertiary/aromatic N) is 1. The maximum Gasteiger partial charge on any atom is 0.276 e. The van der Waals surface area contributed by atoms with Gasteiger partial charge in [0.2, 0.25) is 5.78 Å². The predicted octanol–water partition coefficient (Wildman–Crippen LogP) is 2.45. The zero-order valence-corrected chi connectivity index (χ0v) is 11.6. The number of carbonyl (C=O) groups is 1. The van der Waals surface area contributed by atoms with E-state index in [0.717, 1.165) is 11.1 Å². The first-order valence-electron chi connectivity index (χ1n) is 6.39. The maximum absolute atomic E-state index is 12.3. The van der Waals surface area contributed by atoms with E-state index in [-0.39, 0.29) is 12.3 Å². The van der Waals surface area contributed by atoms with Crippen molar-refractivity contribution in [2.45, 2.75) is 6.54 Å². The Balaban J connectivity index is 1.81. The van der Waals surface area contributed by atoms with Crippen LogP contribution in [0.5, 0.6) is 0 Å². The first kappa shape index (κ1) is 12.9. The summed E-state index contributed by atoms with van der Waals surface area (Å²) in [6, 6.07) is 14.9. The second-order valence-corrected chi connectivity index (χ2v) is 5.26. The van der Waals surface area contributed by atoms with E-state index in [4.69, 9.17) is 17.3 Å². The summed E-state index contributed by atoms with van der Waals surface area (Å²) in [6.07, 6.45) is 0. The van der Waals surface area contributed by atoms with Crippen LogP contribution in [0.15, 0.2) is 48.5 Å². The molecule has 3 rings (SSSR count). The topological polar surface area (TPSA) is 46.1 Å². The molecule has 1 aliphatic rings. The summed E-state index contributed by atoms with van der Waals surface area (Å²) in [5.41, 5.74) is 8.95. The third kappa shape index (κ3) is 2.32. The molecule has 0 saturated heterocycles. The van der Waals surface area contributed by atoms with E-state index >= 15 is 0 Å². The van der Waals surface area contributed by atoms with Crippen LogP contribution >= 0.6 is 11.6 Å². The molecule has 0 radical (unpaired) electrons. The lowest BCUT2D eigenvalue weighted by Gasteiger charge is -2.03. The lowest BCUT2D eigenvalue weighted by Crippen LogP contribution is -2.28. The van der Waals surface area contributed by atoms with Crippen molar-refractivity contribution in [3.63, 3.8) is 0 Å². The molecule has 0 unspecified atom stereocenters. The summed E-state index contributed by atoms with van der Waals surface area (Å²) in [5, 5.41) is 0.626. The fraction of sp³-hybridized carbons (Fsp3) is 0.125. The summed E-state index contributed by atoms with van der Waals surface area (Å²) in [7, 11) is 0. The lowest BCUT2D eigenvalue weighted by atomic mass is 10.1. The van der Waals surface area contributed by atoms with Gasteiger partial charge in [0, 0.05) is 16.1 Å². The molecule has 0 aromatic heterocycles. The van der Waals surface area contributed by atoms with E-state index in [9.17, 15) is 4.79 Å². The van der Waals surface area contributed by atoms with Gasteiger partial charge in [-0.2, -0.15) is 0 Å². The monoisotopic (exact) mass is 285 g/mol. The van der Waals surface area contributed by atoms with Crippen molar-refractivity contribution >= 4 is 23.2 Å². The van der Waals surface area contributed by atoms with Crippen LogP contribution in [0.25, 0.3) is 0 Å². The van der Waals surface area contributed by atoms with Crippen molar-refractivity contribution in [2.75, 3.05) is 6.54 Å². The largest absolute Gasteiger partial charge is 0.290 e. The summed E-state index contributed by atoms with van der Waals surface area (Å²) >= 11 is 5.82. The molecule has 0 aliphatic carbocycles. The third-order valence-corrected chi connectivity index (χ3v) is 3.75. The van der Waals surface area contributed by atoms with Crippen LogP contribution in [0.3, 0.4) is 0 Å². The predicted molar refractivity (Wildman–Crippen MR) is 79.4 cm³/mol. The van der Waals surface area contributed by atoms with E-state index < -0.39 is 0 Å². The number of hydrogen-bond donors (Lipinski definition) is 1. The molecular formula is C16H14ClN2O+. The number of hydrogen-bond acceptors (Lipinski definition) is 2. The quantitative estimate of drug-likeness (QED) is 0.695. The van der Waals surface area contributed by atoms with E-state index in [1.807, 2.05) is 28.8 Å². The minimum Gasteiger partial charge on any atom is -0.290 e. The Morgan fingerprint density at radius 3 is 2.55 bits per heavy atom. The van der Waals surface area contributed by atoms with Gasteiger partial charge in [0.05, 0.1) is 5.56 Å². The third-order valence-electron chi connectivity index (χ3n) is 3.50. The molecule has 2 N–H and O–H groups in total. The number of ketones is 1. The number of nitrogens with two attached hydrogens (primary N) is 1. The fourth-order valence-corrected chi connectivity index (χ4v) is 2.54. The molecule has 3 nitrogen and oxygen atoms in total. The van der Waals surface area contributed by atoms with Crippen LogP contribution in [-0.2, 0) is 6.54 Å². The summed E-state index contributed by atoms with van der Waals surface area (Å²) < 4.78 is 1.90.